The van der Waals surface area contributed by atoms with Crippen molar-refractivity contribution in [2.45, 2.75) is 19.4 Å². The average molecular weight is 390 g/mol. The molecule has 106 valence electrons. The number of nitrogens with zero attached hydrogens (tertiary/aromatic N) is 1. The van der Waals surface area contributed by atoms with E-state index in [4.69, 9.17) is 0 Å². The van der Waals surface area contributed by atoms with Crippen molar-refractivity contribution in [1.29, 1.82) is 0 Å². The van der Waals surface area contributed by atoms with Gasteiger partial charge in [0.05, 0.1) is 5.56 Å². The van der Waals surface area contributed by atoms with Crippen LogP contribution in [0.25, 0.3) is 0 Å². The van der Waals surface area contributed by atoms with E-state index in [1.807, 2.05) is 22.6 Å². The van der Waals surface area contributed by atoms with Crippen LogP contribution in [0.3, 0.4) is 0 Å². The Kier molecular flexibility index (Phi) is 3.81. The first-order chi connectivity index (χ1) is 9.23. The third-order valence-corrected chi connectivity index (χ3v) is 4.08. The van der Waals surface area contributed by atoms with Crippen LogP contribution in [0, 0.1) is 9.39 Å². The van der Waals surface area contributed by atoms with Crippen LogP contribution in [0.4, 0.5) is 4.39 Å². The Balaban J connectivity index is 2.40. The highest BCUT2D eigenvalue weighted by molar-refractivity contribution is 14.1. The maximum absolute atomic E-state index is 13.1. The molecule has 1 heterocycles. The number of amides is 3. The molecule has 3 amide bonds. The summed E-state index contributed by atoms with van der Waals surface area (Å²) in [7, 11) is 0. The van der Waals surface area contributed by atoms with Gasteiger partial charge in [0, 0.05) is 3.57 Å². The van der Waals surface area contributed by atoms with Crippen molar-refractivity contribution >= 4 is 40.3 Å². The number of rotatable bonds is 1. The third-order valence-electron chi connectivity index (χ3n) is 3.19. The molecule has 0 aromatic heterocycles. The topological polar surface area (TPSA) is 66.5 Å². The van der Waals surface area contributed by atoms with Gasteiger partial charge >= 0.3 is 0 Å². The fraction of sp³-hybridized carbons (Fsp3) is 0.308. The molecule has 20 heavy (non-hydrogen) atoms. The number of imide groups is 1. The zero-order valence-electron chi connectivity index (χ0n) is 10.9. The Labute approximate surface area is 128 Å². The highest BCUT2D eigenvalue weighted by atomic mass is 127. The van der Waals surface area contributed by atoms with E-state index in [1.54, 1.807) is 13.8 Å². The number of benzene rings is 1. The molecule has 1 fully saturated rings. The van der Waals surface area contributed by atoms with Crippen LogP contribution in [0.1, 0.15) is 24.2 Å². The molecule has 0 bridgehead atoms. The van der Waals surface area contributed by atoms with Crippen molar-refractivity contribution < 1.29 is 18.8 Å². The molecule has 0 aliphatic carbocycles. The minimum Gasteiger partial charge on any atom is -0.315 e. The molecule has 1 saturated heterocycles. The van der Waals surface area contributed by atoms with Crippen LogP contribution in [0.2, 0.25) is 0 Å². The summed E-state index contributed by atoms with van der Waals surface area (Å²) in [6, 6.07) is 3.76. The van der Waals surface area contributed by atoms with Crippen molar-refractivity contribution in [3.63, 3.8) is 0 Å². The molecule has 1 aromatic carbocycles. The molecule has 2 rings (SSSR count). The van der Waals surface area contributed by atoms with E-state index >= 15 is 0 Å². The predicted octanol–water partition coefficient (Wildman–Crippen LogP) is 1.31. The molecule has 5 nitrogen and oxygen atoms in total. The second-order valence-corrected chi connectivity index (χ2v) is 6.11. The average Bonchev–Trinajstić information content (AvgIpc) is 2.33. The van der Waals surface area contributed by atoms with Crippen molar-refractivity contribution in [2.24, 2.45) is 0 Å². The van der Waals surface area contributed by atoms with Crippen molar-refractivity contribution in [2.75, 3.05) is 6.54 Å². The summed E-state index contributed by atoms with van der Waals surface area (Å²) in [5.41, 5.74) is -0.870. The first-order valence-corrected chi connectivity index (χ1v) is 6.92. The quantitative estimate of drug-likeness (QED) is 0.581. The standard InChI is InChI=1S/C13H12FIN2O3/c1-13(2)12(20)16-10(18)6-17(13)11(19)8-4-3-7(14)5-9(8)15/h3-5H,6H2,1-2H3,(H,16,18,20). The fourth-order valence-corrected chi connectivity index (χ4v) is 2.62. The van der Waals surface area contributed by atoms with Crippen molar-refractivity contribution in [3.05, 3.63) is 33.1 Å². The van der Waals surface area contributed by atoms with Gasteiger partial charge in [0.15, 0.2) is 0 Å². The Morgan fingerprint density at radius 1 is 1.40 bits per heavy atom. The summed E-state index contributed by atoms with van der Waals surface area (Å²) >= 11 is 1.85. The van der Waals surface area contributed by atoms with E-state index < -0.39 is 29.1 Å². The maximum atomic E-state index is 13.1. The Morgan fingerprint density at radius 2 is 2.05 bits per heavy atom. The molecule has 1 aliphatic rings. The lowest BCUT2D eigenvalue weighted by atomic mass is 9.97. The number of nitrogens with one attached hydrogen (secondary N) is 1. The number of piperazine rings is 1. The normalized spacial score (nSPS) is 17.9. The van der Waals surface area contributed by atoms with Gasteiger partial charge in [-0.2, -0.15) is 0 Å². The summed E-state index contributed by atoms with van der Waals surface area (Å²) in [5.74, 6) is -1.97. The zero-order chi connectivity index (χ0) is 15.1. The van der Waals surface area contributed by atoms with Crippen molar-refractivity contribution in [3.8, 4) is 0 Å². The lowest BCUT2D eigenvalue weighted by Crippen LogP contribution is -2.65. The second kappa shape index (κ2) is 5.12. The summed E-state index contributed by atoms with van der Waals surface area (Å²) in [4.78, 5) is 37.0. The first-order valence-electron chi connectivity index (χ1n) is 5.85. The van der Waals surface area contributed by atoms with Gasteiger partial charge in [-0.15, -0.1) is 0 Å². The Bertz CT molecular complexity index is 616. The predicted molar refractivity (Wildman–Crippen MR) is 77.4 cm³/mol. The first kappa shape index (κ1) is 14.9. The second-order valence-electron chi connectivity index (χ2n) is 4.95. The van der Waals surface area contributed by atoms with E-state index in [0.29, 0.717) is 3.57 Å². The third kappa shape index (κ3) is 2.54. The molecule has 0 radical (unpaired) electrons. The molecular formula is C13H12FIN2O3. The number of hydrogen-bond acceptors (Lipinski definition) is 3. The van der Waals surface area contributed by atoms with E-state index in [2.05, 4.69) is 5.32 Å². The lowest BCUT2D eigenvalue weighted by molar-refractivity contribution is -0.143. The van der Waals surface area contributed by atoms with Gasteiger partial charge in [-0.05, 0) is 54.6 Å². The lowest BCUT2D eigenvalue weighted by Gasteiger charge is -2.40. The smallest absolute Gasteiger partial charge is 0.256 e. The molecule has 1 aliphatic heterocycles. The van der Waals surface area contributed by atoms with E-state index in [0.717, 1.165) is 0 Å². The molecule has 0 saturated carbocycles. The minimum absolute atomic E-state index is 0.203. The largest absolute Gasteiger partial charge is 0.315 e. The summed E-state index contributed by atoms with van der Waals surface area (Å²) in [6.07, 6.45) is 0. The summed E-state index contributed by atoms with van der Waals surface area (Å²) < 4.78 is 13.5. The number of carbonyl (C=O) groups is 3. The van der Waals surface area contributed by atoms with Crippen LogP contribution in [-0.2, 0) is 9.59 Å². The molecule has 1 N–H and O–H groups in total. The molecule has 7 heteroatoms. The van der Waals surface area contributed by atoms with Gasteiger partial charge in [-0.3, -0.25) is 19.7 Å². The number of halogens is 2. The van der Waals surface area contributed by atoms with Crippen LogP contribution in [-0.4, -0.2) is 34.7 Å². The fourth-order valence-electron chi connectivity index (χ4n) is 1.92. The van der Waals surface area contributed by atoms with Gasteiger partial charge in [0.1, 0.15) is 17.9 Å². The van der Waals surface area contributed by atoms with Crippen LogP contribution < -0.4 is 5.32 Å². The van der Waals surface area contributed by atoms with E-state index in [-0.39, 0.29) is 12.1 Å². The molecule has 0 spiro atoms. The molecule has 0 unspecified atom stereocenters. The van der Waals surface area contributed by atoms with Gasteiger partial charge in [0.2, 0.25) is 5.91 Å². The summed E-state index contributed by atoms with van der Waals surface area (Å²) in [5, 5.41) is 2.20. The van der Waals surface area contributed by atoms with Crippen LogP contribution in [0.15, 0.2) is 18.2 Å². The highest BCUT2D eigenvalue weighted by Crippen LogP contribution is 2.23. The number of carbonyl (C=O) groups excluding carboxylic acids is 3. The number of hydrogen-bond donors (Lipinski definition) is 1. The van der Waals surface area contributed by atoms with Gasteiger partial charge in [-0.1, -0.05) is 0 Å². The minimum atomic E-state index is -1.14. The molecule has 1 aromatic rings. The maximum Gasteiger partial charge on any atom is 0.256 e. The molecular weight excluding hydrogens is 378 g/mol. The Morgan fingerprint density at radius 3 is 2.65 bits per heavy atom. The van der Waals surface area contributed by atoms with Crippen molar-refractivity contribution in [1.82, 2.24) is 10.2 Å². The van der Waals surface area contributed by atoms with E-state index in [1.165, 1.54) is 23.1 Å². The van der Waals surface area contributed by atoms with Gasteiger partial charge in [-0.25, -0.2) is 4.39 Å². The zero-order valence-corrected chi connectivity index (χ0v) is 13.0. The molecule has 0 atom stereocenters. The van der Waals surface area contributed by atoms with E-state index in [9.17, 15) is 18.8 Å². The van der Waals surface area contributed by atoms with Gasteiger partial charge in [0.25, 0.3) is 11.8 Å². The van der Waals surface area contributed by atoms with Gasteiger partial charge < -0.3 is 4.90 Å². The SMILES string of the molecule is CC1(C)C(=O)NC(=O)CN1C(=O)c1ccc(F)cc1I. The van der Waals surface area contributed by atoms with Crippen LogP contribution >= 0.6 is 22.6 Å². The van der Waals surface area contributed by atoms with Crippen LogP contribution in [0.5, 0.6) is 0 Å². The summed E-state index contributed by atoms with van der Waals surface area (Å²) in [6.45, 7) is 2.91. The Hall–Kier alpha value is -1.51. The monoisotopic (exact) mass is 390 g/mol. The highest BCUT2D eigenvalue weighted by Gasteiger charge is 2.44.